The first-order chi connectivity index (χ1) is 13.1. The van der Waals surface area contributed by atoms with E-state index in [1.54, 1.807) is 18.7 Å². The largest absolute Gasteiger partial charge is 0.512 e. The van der Waals surface area contributed by atoms with E-state index in [4.69, 9.17) is 9.84 Å². The topological polar surface area (TPSA) is 111 Å². The van der Waals surface area contributed by atoms with E-state index in [-0.39, 0.29) is 34.5 Å². The molecule has 3 aliphatic rings. The summed E-state index contributed by atoms with van der Waals surface area (Å²) in [7, 11) is 1.96. The molecule has 0 aromatic rings. The Labute approximate surface area is 170 Å². The monoisotopic (exact) mass is 413 g/mol. The molecule has 1 amide bonds. The summed E-state index contributed by atoms with van der Waals surface area (Å²) < 4.78 is 5.03. The maximum absolute atomic E-state index is 12.5. The van der Waals surface area contributed by atoms with Crippen molar-refractivity contribution in [2.45, 2.75) is 69.5 Å². The lowest BCUT2D eigenvalue weighted by Gasteiger charge is -2.45. The van der Waals surface area contributed by atoms with Gasteiger partial charge in [-0.2, -0.15) is 0 Å². The van der Waals surface area contributed by atoms with Gasteiger partial charge in [-0.25, -0.2) is 4.79 Å². The van der Waals surface area contributed by atoms with Crippen LogP contribution in [0.25, 0.3) is 0 Å². The number of thioether (sulfide) groups is 1. The van der Waals surface area contributed by atoms with Crippen LogP contribution in [0, 0.1) is 11.8 Å². The highest BCUT2D eigenvalue weighted by molar-refractivity contribution is 8.03. The molecular weight excluding hydrogens is 382 g/mol. The molecule has 158 valence electrons. The molecule has 2 saturated heterocycles. The molecule has 28 heavy (non-hydrogen) atoms. The molecule has 9 heteroatoms. The number of carboxylic acid groups (broad SMARTS) is 1. The fourth-order valence-electron chi connectivity index (χ4n) is 4.53. The Morgan fingerprint density at radius 2 is 2.18 bits per heavy atom. The first-order valence-electron chi connectivity index (χ1n) is 9.80. The highest BCUT2D eigenvalue weighted by atomic mass is 32.2. The van der Waals surface area contributed by atoms with Crippen LogP contribution in [0.5, 0.6) is 0 Å². The summed E-state index contributed by atoms with van der Waals surface area (Å²) in [6.07, 6.45) is -0.240. The summed E-state index contributed by atoms with van der Waals surface area (Å²) in [5.74, 6) is -0.705. The van der Waals surface area contributed by atoms with Gasteiger partial charge in [-0.3, -0.25) is 9.69 Å². The van der Waals surface area contributed by atoms with Crippen LogP contribution in [-0.4, -0.2) is 69.7 Å². The summed E-state index contributed by atoms with van der Waals surface area (Å²) in [5.41, 5.74) is 0.0381. The molecule has 0 unspecified atom stereocenters. The number of fused-ring (bicyclic) bond motifs is 1. The highest BCUT2D eigenvalue weighted by Gasteiger charge is 2.60. The second-order valence-corrected chi connectivity index (χ2v) is 10.1. The number of hydrogen-bond acceptors (Lipinski definition) is 7. The lowest BCUT2D eigenvalue weighted by molar-refractivity contribution is -0.163. The Kier molecular flexibility index (Phi) is 6.01. The number of aliphatic hydroxyl groups excluding tert-OH is 1. The molecule has 0 aromatic heterocycles. The third kappa shape index (κ3) is 3.90. The van der Waals surface area contributed by atoms with Crippen molar-refractivity contribution >= 4 is 23.8 Å². The molecule has 3 aliphatic heterocycles. The van der Waals surface area contributed by atoms with Gasteiger partial charge in [0.15, 0.2) is 0 Å². The molecule has 0 aliphatic carbocycles. The zero-order valence-corrected chi connectivity index (χ0v) is 17.9. The van der Waals surface area contributed by atoms with Crippen LogP contribution in [0.4, 0.5) is 4.79 Å². The number of hydrogen-bond donors (Lipinski definition) is 4. The third-order valence-corrected chi connectivity index (χ3v) is 7.65. The normalized spacial score (nSPS) is 33.7. The second kappa shape index (κ2) is 7.85. The first-order valence-corrected chi connectivity index (χ1v) is 10.7. The zero-order chi connectivity index (χ0) is 20.8. The molecule has 0 radical (unpaired) electrons. The Morgan fingerprint density at radius 3 is 2.75 bits per heavy atom. The van der Waals surface area contributed by atoms with Crippen molar-refractivity contribution < 1.29 is 24.5 Å². The number of rotatable bonds is 7. The molecule has 0 saturated carbocycles. The summed E-state index contributed by atoms with van der Waals surface area (Å²) in [6, 6.07) is 0.141. The average Bonchev–Trinajstić information content (AvgIpc) is 3.09. The number of nitrogens with one attached hydrogen (secondary N) is 2. The minimum absolute atomic E-state index is 0.0381. The standard InChI is InChI=1S/C19H31N3O5S/c1-9-14-13(10(2)23)16(24)22(14)17(27-18(25)26)15(9)28-12-6-11(21-8-12)7-19(3,4)20-5/h9-14,20-21,23H,6-8H2,1-5H3,(H,25,26)/t9-,10-,11+,12+,13-,14+/m1/s1. The summed E-state index contributed by atoms with van der Waals surface area (Å²) in [6.45, 7) is 8.74. The predicted molar refractivity (Wildman–Crippen MR) is 107 cm³/mol. The fraction of sp³-hybridized carbons (Fsp3) is 0.789. The Balaban J connectivity index is 1.74. The molecule has 0 bridgehead atoms. The van der Waals surface area contributed by atoms with Gasteiger partial charge in [0.2, 0.25) is 11.8 Å². The van der Waals surface area contributed by atoms with Crippen molar-refractivity contribution in [2.24, 2.45) is 11.8 Å². The first kappa shape index (κ1) is 21.4. The number of nitrogens with zero attached hydrogens (tertiary/aromatic N) is 1. The van der Waals surface area contributed by atoms with Gasteiger partial charge in [0.25, 0.3) is 0 Å². The number of β-lactam (4-membered cyclic amide) rings is 1. The fourth-order valence-corrected chi connectivity index (χ4v) is 5.99. The Hall–Kier alpha value is -1.29. The second-order valence-electron chi connectivity index (χ2n) is 8.71. The smallest absolute Gasteiger partial charge is 0.449 e. The zero-order valence-electron chi connectivity index (χ0n) is 17.1. The lowest BCUT2D eigenvalue weighted by Crippen LogP contribution is -2.63. The molecule has 2 fully saturated rings. The van der Waals surface area contributed by atoms with Crippen molar-refractivity contribution in [3.63, 3.8) is 0 Å². The molecule has 4 N–H and O–H groups in total. The van der Waals surface area contributed by atoms with E-state index in [1.165, 1.54) is 4.90 Å². The maximum atomic E-state index is 12.5. The van der Waals surface area contributed by atoms with Crippen LogP contribution in [0.1, 0.15) is 40.5 Å². The van der Waals surface area contributed by atoms with E-state index < -0.39 is 18.2 Å². The van der Waals surface area contributed by atoms with Crippen LogP contribution < -0.4 is 10.6 Å². The minimum atomic E-state index is -1.42. The van der Waals surface area contributed by atoms with Gasteiger partial charge in [0.1, 0.15) is 0 Å². The molecular formula is C19H31N3O5S. The van der Waals surface area contributed by atoms with E-state index in [0.717, 1.165) is 24.3 Å². The third-order valence-electron chi connectivity index (χ3n) is 6.16. The number of amides is 1. The summed E-state index contributed by atoms with van der Waals surface area (Å²) in [4.78, 5) is 25.9. The van der Waals surface area contributed by atoms with E-state index in [2.05, 4.69) is 24.5 Å². The van der Waals surface area contributed by atoms with Crippen molar-refractivity contribution in [1.29, 1.82) is 0 Å². The predicted octanol–water partition coefficient (Wildman–Crippen LogP) is 1.56. The van der Waals surface area contributed by atoms with Crippen LogP contribution in [-0.2, 0) is 9.53 Å². The molecule has 3 rings (SSSR count). The number of carbonyl (C=O) groups is 2. The average molecular weight is 414 g/mol. The highest BCUT2D eigenvalue weighted by Crippen LogP contribution is 2.52. The Morgan fingerprint density at radius 1 is 1.50 bits per heavy atom. The summed E-state index contributed by atoms with van der Waals surface area (Å²) in [5, 5.41) is 26.3. The van der Waals surface area contributed by atoms with Gasteiger partial charge in [0, 0.05) is 29.3 Å². The van der Waals surface area contributed by atoms with E-state index in [0.29, 0.717) is 6.04 Å². The van der Waals surface area contributed by atoms with Crippen molar-refractivity contribution in [1.82, 2.24) is 15.5 Å². The quantitative estimate of drug-likeness (QED) is 0.368. The molecule has 0 spiro atoms. The van der Waals surface area contributed by atoms with Gasteiger partial charge >= 0.3 is 6.16 Å². The number of ether oxygens (including phenoxy) is 1. The van der Waals surface area contributed by atoms with Gasteiger partial charge in [-0.1, -0.05) is 6.92 Å². The molecule has 3 heterocycles. The lowest BCUT2D eigenvalue weighted by atomic mass is 9.79. The van der Waals surface area contributed by atoms with E-state index in [1.807, 2.05) is 14.0 Å². The molecule has 6 atom stereocenters. The van der Waals surface area contributed by atoms with Crippen LogP contribution >= 0.6 is 11.8 Å². The Bertz CT molecular complexity index is 680. The van der Waals surface area contributed by atoms with E-state index >= 15 is 0 Å². The van der Waals surface area contributed by atoms with Crippen molar-refractivity contribution in [2.75, 3.05) is 13.6 Å². The summed E-state index contributed by atoms with van der Waals surface area (Å²) >= 11 is 1.61. The number of aliphatic hydroxyl groups is 1. The van der Waals surface area contributed by atoms with Crippen LogP contribution in [0.15, 0.2) is 10.8 Å². The van der Waals surface area contributed by atoms with Crippen LogP contribution in [0.2, 0.25) is 0 Å². The molecule has 0 aromatic carbocycles. The van der Waals surface area contributed by atoms with Crippen molar-refractivity contribution in [3.05, 3.63) is 10.8 Å². The maximum Gasteiger partial charge on any atom is 0.512 e. The van der Waals surface area contributed by atoms with E-state index in [9.17, 15) is 14.7 Å². The number of carbonyl (C=O) groups excluding carboxylic acids is 1. The van der Waals surface area contributed by atoms with Gasteiger partial charge in [-0.15, -0.1) is 11.8 Å². The minimum Gasteiger partial charge on any atom is -0.449 e. The van der Waals surface area contributed by atoms with Gasteiger partial charge in [-0.05, 0) is 40.7 Å². The van der Waals surface area contributed by atoms with Gasteiger partial charge < -0.3 is 25.6 Å². The SMILES string of the molecule is CNC(C)(C)C[C@@H]1C[C@H](SC2=C(OC(=O)O)N3C(=O)[C@H]([C@@H](C)O)[C@@H]3[C@H]2C)CN1. The molecule has 8 nitrogen and oxygen atoms in total. The van der Waals surface area contributed by atoms with Crippen LogP contribution in [0.3, 0.4) is 0 Å². The van der Waals surface area contributed by atoms with Gasteiger partial charge in [0.05, 0.1) is 23.0 Å². The van der Waals surface area contributed by atoms with Crippen molar-refractivity contribution in [3.8, 4) is 0 Å².